The van der Waals surface area contributed by atoms with E-state index in [1.165, 1.54) is 12.8 Å². The van der Waals surface area contributed by atoms with Crippen molar-refractivity contribution < 1.29 is 4.21 Å². The van der Waals surface area contributed by atoms with Gasteiger partial charge in [0.2, 0.25) is 0 Å². The van der Waals surface area contributed by atoms with Gasteiger partial charge < -0.3 is 5.32 Å². The topological polar surface area (TPSA) is 29.1 Å². The minimum atomic E-state index is -0.612. The van der Waals surface area contributed by atoms with Crippen LogP contribution in [0.15, 0.2) is 0 Å². The van der Waals surface area contributed by atoms with Crippen LogP contribution in [0.2, 0.25) is 0 Å². The largest absolute Gasteiger partial charge is 0.313 e. The van der Waals surface area contributed by atoms with Crippen molar-refractivity contribution in [1.29, 1.82) is 0 Å². The van der Waals surface area contributed by atoms with Gasteiger partial charge in [0.15, 0.2) is 0 Å². The van der Waals surface area contributed by atoms with Crippen LogP contribution in [0.5, 0.6) is 0 Å². The second kappa shape index (κ2) is 4.56. The standard InChI is InChI=1S/C10H21NOS/c1-4-13(12)8-7-11-9(2)10(3)5-6-10/h9,11H,4-8H2,1-3H3. The fourth-order valence-electron chi connectivity index (χ4n) is 1.41. The zero-order valence-corrected chi connectivity index (χ0v) is 9.75. The van der Waals surface area contributed by atoms with Crippen LogP contribution in [0.4, 0.5) is 0 Å². The lowest BCUT2D eigenvalue weighted by atomic mass is 10.0. The van der Waals surface area contributed by atoms with Crippen molar-refractivity contribution in [1.82, 2.24) is 5.32 Å². The van der Waals surface area contributed by atoms with E-state index in [0.717, 1.165) is 18.1 Å². The Labute approximate surface area is 83.9 Å². The molecule has 0 saturated heterocycles. The summed E-state index contributed by atoms with van der Waals surface area (Å²) < 4.78 is 11.1. The monoisotopic (exact) mass is 203 g/mol. The molecule has 0 aromatic rings. The van der Waals surface area contributed by atoms with Gasteiger partial charge in [0.05, 0.1) is 0 Å². The number of rotatable bonds is 6. The Hall–Kier alpha value is 0.110. The minimum Gasteiger partial charge on any atom is -0.313 e. The second-order valence-electron chi connectivity index (χ2n) is 4.26. The maximum Gasteiger partial charge on any atom is 0.0360 e. The van der Waals surface area contributed by atoms with Crippen LogP contribution in [-0.4, -0.2) is 28.3 Å². The molecule has 78 valence electrons. The van der Waals surface area contributed by atoms with Crippen molar-refractivity contribution in [2.24, 2.45) is 5.41 Å². The molecule has 0 heterocycles. The first kappa shape index (κ1) is 11.2. The smallest absolute Gasteiger partial charge is 0.0360 e. The van der Waals surface area contributed by atoms with Crippen molar-refractivity contribution in [3.8, 4) is 0 Å². The van der Waals surface area contributed by atoms with Gasteiger partial charge in [-0.3, -0.25) is 4.21 Å². The van der Waals surface area contributed by atoms with E-state index in [9.17, 15) is 4.21 Å². The summed E-state index contributed by atoms with van der Waals surface area (Å²) in [5.41, 5.74) is 0.535. The molecular weight excluding hydrogens is 182 g/mol. The van der Waals surface area contributed by atoms with Crippen LogP contribution in [0, 0.1) is 5.41 Å². The molecule has 0 radical (unpaired) electrons. The second-order valence-corrected chi connectivity index (χ2v) is 6.13. The highest BCUT2D eigenvalue weighted by Crippen LogP contribution is 2.47. The number of nitrogens with one attached hydrogen (secondary N) is 1. The summed E-state index contributed by atoms with van der Waals surface area (Å²) in [6, 6.07) is 0.585. The lowest BCUT2D eigenvalue weighted by Crippen LogP contribution is -2.35. The zero-order chi connectivity index (χ0) is 9.90. The van der Waals surface area contributed by atoms with Gasteiger partial charge in [-0.05, 0) is 25.2 Å². The van der Waals surface area contributed by atoms with Gasteiger partial charge in [-0.25, -0.2) is 0 Å². The molecule has 0 spiro atoms. The van der Waals surface area contributed by atoms with Crippen molar-refractivity contribution in [2.75, 3.05) is 18.1 Å². The number of hydrogen-bond acceptors (Lipinski definition) is 2. The average molecular weight is 203 g/mol. The first-order valence-electron chi connectivity index (χ1n) is 5.17. The molecule has 1 fully saturated rings. The Morgan fingerprint density at radius 1 is 1.54 bits per heavy atom. The van der Waals surface area contributed by atoms with Crippen molar-refractivity contribution >= 4 is 10.8 Å². The Kier molecular flexibility index (Phi) is 3.92. The minimum absolute atomic E-state index is 0.535. The molecule has 0 aromatic carbocycles. The third-order valence-electron chi connectivity index (χ3n) is 3.19. The summed E-state index contributed by atoms with van der Waals surface area (Å²) in [5, 5.41) is 3.46. The van der Waals surface area contributed by atoms with Crippen LogP contribution in [0.3, 0.4) is 0 Å². The molecule has 1 N–H and O–H groups in total. The normalized spacial score (nSPS) is 23.9. The molecule has 2 nitrogen and oxygen atoms in total. The third kappa shape index (κ3) is 3.39. The van der Waals surface area contributed by atoms with E-state index in [-0.39, 0.29) is 0 Å². The molecule has 1 aliphatic carbocycles. The summed E-state index contributed by atoms with van der Waals surface area (Å²) in [6.07, 6.45) is 2.69. The van der Waals surface area contributed by atoms with Gasteiger partial charge in [0, 0.05) is 34.9 Å². The SMILES string of the molecule is CCS(=O)CCNC(C)C1(C)CC1. The quantitative estimate of drug-likeness (QED) is 0.709. The van der Waals surface area contributed by atoms with Gasteiger partial charge in [0.1, 0.15) is 0 Å². The van der Waals surface area contributed by atoms with E-state index in [1.54, 1.807) is 0 Å². The van der Waals surface area contributed by atoms with E-state index in [4.69, 9.17) is 0 Å². The maximum atomic E-state index is 11.1. The summed E-state index contributed by atoms with van der Waals surface area (Å²) in [6.45, 7) is 7.43. The Balaban J connectivity index is 2.09. The molecule has 13 heavy (non-hydrogen) atoms. The van der Waals surface area contributed by atoms with E-state index < -0.39 is 10.8 Å². The lowest BCUT2D eigenvalue weighted by Gasteiger charge is -2.19. The number of hydrogen-bond donors (Lipinski definition) is 1. The van der Waals surface area contributed by atoms with Gasteiger partial charge in [-0.15, -0.1) is 0 Å². The van der Waals surface area contributed by atoms with Gasteiger partial charge in [-0.2, -0.15) is 0 Å². The highest BCUT2D eigenvalue weighted by Gasteiger charge is 2.41. The van der Waals surface area contributed by atoms with Gasteiger partial charge >= 0.3 is 0 Å². The molecular formula is C10H21NOS. The fourth-order valence-corrected chi connectivity index (χ4v) is 2.04. The highest BCUT2D eigenvalue weighted by atomic mass is 32.2. The van der Waals surface area contributed by atoms with Crippen molar-refractivity contribution in [3.05, 3.63) is 0 Å². The lowest BCUT2D eigenvalue weighted by molar-refractivity contribution is 0.389. The Morgan fingerprint density at radius 3 is 2.62 bits per heavy atom. The predicted molar refractivity (Wildman–Crippen MR) is 58.4 cm³/mol. The zero-order valence-electron chi connectivity index (χ0n) is 8.93. The fraction of sp³-hybridized carbons (Fsp3) is 1.00. The average Bonchev–Trinajstić information content (AvgIpc) is 2.84. The van der Waals surface area contributed by atoms with Crippen LogP contribution in [-0.2, 0) is 10.8 Å². The third-order valence-corrected chi connectivity index (χ3v) is 4.49. The molecule has 1 aliphatic rings. The van der Waals surface area contributed by atoms with Crippen LogP contribution in [0.25, 0.3) is 0 Å². The molecule has 1 rings (SSSR count). The molecule has 0 aliphatic heterocycles. The molecule has 0 aromatic heterocycles. The van der Waals surface area contributed by atoms with Gasteiger partial charge in [0.25, 0.3) is 0 Å². The predicted octanol–water partition coefficient (Wildman–Crippen LogP) is 1.53. The van der Waals surface area contributed by atoms with Crippen molar-refractivity contribution in [2.45, 2.75) is 39.7 Å². The summed E-state index contributed by atoms with van der Waals surface area (Å²) in [7, 11) is -0.612. The van der Waals surface area contributed by atoms with Crippen molar-refractivity contribution in [3.63, 3.8) is 0 Å². The molecule has 2 atom stereocenters. The summed E-state index contributed by atoms with van der Waals surface area (Å²) >= 11 is 0. The van der Waals surface area contributed by atoms with E-state index in [2.05, 4.69) is 19.2 Å². The Bertz CT molecular complexity index is 189. The molecule has 0 bridgehead atoms. The van der Waals surface area contributed by atoms with E-state index in [1.807, 2.05) is 6.92 Å². The molecule has 1 saturated carbocycles. The highest BCUT2D eigenvalue weighted by molar-refractivity contribution is 7.84. The van der Waals surface area contributed by atoms with Gasteiger partial charge in [-0.1, -0.05) is 13.8 Å². The maximum absolute atomic E-state index is 11.1. The molecule has 2 unspecified atom stereocenters. The van der Waals surface area contributed by atoms with E-state index in [0.29, 0.717) is 11.5 Å². The molecule has 3 heteroatoms. The molecule has 0 amide bonds. The Morgan fingerprint density at radius 2 is 2.15 bits per heavy atom. The van der Waals surface area contributed by atoms with E-state index >= 15 is 0 Å². The van der Waals surface area contributed by atoms with Crippen LogP contribution >= 0.6 is 0 Å². The first-order chi connectivity index (χ1) is 6.08. The first-order valence-corrected chi connectivity index (χ1v) is 6.65. The summed E-state index contributed by atoms with van der Waals surface area (Å²) in [4.78, 5) is 0. The summed E-state index contributed by atoms with van der Waals surface area (Å²) in [5.74, 6) is 1.59. The van der Waals surface area contributed by atoms with Crippen LogP contribution in [0.1, 0.15) is 33.6 Å². The van der Waals surface area contributed by atoms with Crippen LogP contribution < -0.4 is 5.32 Å².